The first-order valence-corrected chi connectivity index (χ1v) is 9.97. The zero-order valence-corrected chi connectivity index (χ0v) is 17.0. The van der Waals surface area contributed by atoms with E-state index in [0.29, 0.717) is 21.7 Å². The third kappa shape index (κ3) is 4.08. The van der Waals surface area contributed by atoms with Gasteiger partial charge in [0, 0.05) is 14.1 Å². The van der Waals surface area contributed by atoms with Crippen molar-refractivity contribution in [3.63, 3.8) is 0 Å². The van der Waals surface area contributed by atoms with Gasteiger partial charge in [-0.25, -0.2) is 12.7 Å². The van der Waals surface area contributed by atoms with Crippen molar-refractivity contribution in [1.29, 1.82) is 0 Å². The van der Waals surface area contributed by atoms with Crippen molar-refractivity contribution in [2.75, 3.05) is 26.0 Å². The van der Waals surface area contributed by atoms with Gasteiger partial charge in [-0.2, -0.15) is 0 Å². The summed E-state index contributed by atoms with van der Waals surface area (Å²) in [4.78, 5) is 18.6. The molecule has 1 N–H and O–H groups in total. The van der Waals surface area contributed by atoms with E-state index in [1.165, 1.54) is 32.3 Å². The molecule has 9 nitrogen and oxygen atoms in total. The molecule has 0 spiro atoms. The summed E-state index contributed by atoms with van der Waals surface area (Å²) in [6.07, 6.45) is 0. The number of carbonyl (C=O) groups is 1. The molecule has 1 amide bonds. The Kier molecular flexibility index (Phi) is 5.54. The third-order valence-electron chi connectivity index (χ3n) is 3.88. The Morgan fingerprint density at radius 2 is 2.00 bits per heavy atom. The predicted octanol–water partition coefficient (Wildman–Crippen LogP) is 1.71. The summed E-state index contributed by atoms with van der Waals surface area (Å²) < 4.78 is 25.7. The summed E-state index contributed by atoms with van der Waals surface area (Å²) in [6, 6.07) is 9.58. The van der Waals surface area contributed by atoms with E-state index >= 15 is 0 Å². The van der Waals surface area contributed by atoms with Crippen LogP contribution in [0.3, 0.4) is 0 Å². The monoisotopic (exact) mass is 423 g/mol. The molecule has 28 heavy (non-hydrogen) atoms. The Labute approximate surface area is 166 Å². The zero-order valence-electron chi connectivity index (χ0n) is 15.4. The number of anilines is 1. The van der Waals surface area contributed by atoms with Gasteiger partial charge in [-0.1, -0.05) is 22.5 Å². The second-order valence-corrected chi connectivity index (χ2v) is 8.76. The van der Waals surface area contributed by atoms with Crippen LogP contribution in [0.2, 0.25) is 5.02 Å². The van der Waals surface area contributed by atoms with Crippen molar-refractivity contribution < 1.29 is 18.0 Å². The number of amides is 1. The molecule has 1 heterocycles. The van der Waals surface area contributed by atoms with E-state index in [1.807, 2.05) is 13.0 Å². The van der Waals surface area contributed by atoms with Crippen molar-refractivity contribution in [2.45, 2.75) is 11.8 Å². The number of fused-ring (bicyclic) bond motifs is 1. The topological polar surface area (TPSA) is 106 Å². The van der Waals surface area contributed by atoms with Crippen LogP contribution < -0.4 is 10.2 Å². The molecule has 2 aromatic carbocycles. The fraction of sp³-hybridized carbons (Fsp3) is 0.235. The van der Waals surface area contributed by atoms with Gasteiger partial charge in [0.25, 0.3) is 5.91 Å². The number of sulfonamides is 1. The van der Waals surface area contributed by atoms with E-state index in [9.17, 15) is 13.2 Å². The van der Waals surface area contributed by atoms with E-state index in [2.05, 4.69) is 15.6 Å². The molecule has 0 fully saturated rings. The van der Waals surface area contributed by atoms with Crippen molar-refractivity contribution in [1.82, 2.24) is 19.5 Å². The average molecular weight is 424 g/mol. The van der Waals surface area contributed by atoms with Gasteiger partial charge in [0.05, 0.1) is 15.6 Å². The summed E-state index contributed by atoms with van der Waals surface area (Å²) in [7, 11) is -0.755. The fourth-order valence-electron chi connectivity index (χ4n) is 2.37. The van der Waals surface area contributed by atoms with E-state index < -0.39 is 15.9 Å². The molecule has 0 aliphatic carbocycles. The van der Waals surface area contributed by atoms with Crippen LogP contribution in [0, 0.1) is 6.92 Å². The molecule has 0 unspecified atom stereocenters. The van der Waals surface area contributed by atoms with Crippen molar-refractivity contribution >= 4 is 44.3 Å². The molecule has 148 valence electrons. The lowest BCUT2D eigenvalue weighted by atomic mass is 10.2. The first-order valence-electron chi connectivity index (χ1n) is 8.16. The van der Waals surface area contributed by atoms with Gasteiger partial charge in [-0.3, -0.25) is 4.79 Å². The number of aromatic nitrogens is 3. The van der Waals surface area contributed by atoms with Gasteiger partial charge in [0.15, 0.2) is 6.61 Å². The lowest BCUT2D eigenvalue weighted by molar-refractivity contribution is -0.121. The first-order chi connectivity index (χ1) is 13.2. The SMILES string of the molecule is Cc1ccc(NC(=O)COn2nnc3ccc(S(=O)(=O)N(C)C)cc32)c(Cl)c1. The van der Waals surface area contributed by atoms with E-state index in [0.717, 1.165) is 14.7 Å². The lowest BCUT2D eigenvalue weighted by Gasteiger charge is -2.11. The number of benzene rings is 2. The smallest absolute Gasteiger partial charge is 0.265 e. The minimum atomic E-state index is -3.63. The number of nitrogens with one attached hydrogen (secondary N) is 1. The Balaban J connectivity index is 1.76. The van der Waals surface area contributed by atoms with E-state index in [-0.39, 0.29) is 11.5 Å². The second-order valence-electron chi connectivity index (χ2n) is 6.21. The van der Waals surface area contributed by atoms with Gasteiger partial charge >= 0.3 is 0 Å². The van der Waals surface area contributed by atoms with Crippen LogP contribution in [0.4, 0.5) is 5.69 Å². The highest BCUT2D eigenvalue weighted by molar-refractivity contribution is 7.89. The summed E-state index contributed by atoms with van der Waals surface area (Å²) in [5, 5.41) is 10.8. The Hall–Kier alpha value is -2.69. The number of halogens is 1. The molecule has 0 bridgehead atoms. The number of carbonyl (C=O) groups excluding carboxylic acids is 1. The van der Waals surface area contributed by atoms with Gasteiger partial charge in [0.1, 0.15) is 11.0 Å². The number of rotatable bonds is 6. The standard InChI is InChI=1S/C17H18ClN5O4S/c1-11-4-6-14(13(18)8-11)19-17(24)10-27-23-16-9-12(28(25,26)22(2)3)5-7-15(16)20-21-23/h4-9H,10H2,1-3H3,(H,19,24). The minimum Gasteiger partial charge on any atom is -0.385 e. The van der Waals surface area contributed by atoms with Crippen molar-refractivity contribution in [3.8, 4) is 0 Å². The van der Waals surface area contributed by atoms with Crippen molar-refractivity contribution in [3.05, 3.63) is 47.0 Å². The second kappa shape index (κ2) is 7.74. The summed E-state index contributed by atoms with van der Waals surface area (Å²) in [5.74, 6) is -0.452. The molecule has 0 aliphatic rings. The van der Waals surface area contributed by atoms with E-state index in [4.69, 9.17) is 16.4 Å². The molecule has 0 aliphatic heterocycles. The predicted molar refractivity (Wildman–Crippen MR) is 105 cm³/mol. The molecular weight excluding hydrogens is 406 g/mol. The number of aryl methyl sites for hydroxylation is 1. The highest BCUT2D eigenvalue weighted by Crippen LogP contribution is 2.22. The quantitative estimate of drug-likeness (QED) is 0.646. The van der Waals surface area contributed by atoms with Gasteiger partial charge in [0.2, 0.25) is 10.0 Å². The maximum absolute atomic E-state index is 12.3. The lowest BCUT2D eigenvalue weighted by Crippen LogP contribution is -2.26. The Morgan fingerprint density at radius 3 is 2.68 bits per heavy atom. The molecular formula is C17H18ClN5O4S. The number of hydrogen-bond acceptors (Lipinski definition) is 6. The average Bonchev–Trinajstić information content (AvgIpc) is 3.04. The van der Waals surface area contributed by atoms with Crippen LogP contribution in [0.5, 0.6) is 0 Å². The summed E-state index contributed by atoms with van der Waals surface area (Å²) >= 11 is 6.09. The molecule has 0 atom stereocenters. The highest BCUT2D eigenvalue weighted by Gasteiger charge is 2.19. The van der Waals surface area contributed by atoms with Gasteiger partial charge < -0.3 is 10.2 Å². The largest absolute Gasteiger partial charge is 0.385 e. The fourth-order valence-corrected chi connectivity index (χ4v) is 3.58. The van der Waals surface area contributed by atoms with Crippen LogP contribution in [-0.2, 0) is 14.8 Å². The van der Waals surface area contributed by atoms with Crippen LogP contribution in [-0.4, -0.2) is 54.5 Å². The molecule has 1 aromatic heterocycles. The Bertz CT molecular complexity index is 1140. The molecule has 11 heteroatoms. The third-order valence-corrected chi connectivity index (χ3v) is 6.01. The highest BCUT2D eigenvalue weighted by atomic mass is 35.5. The molecule has 3 aromatic rings. The van der Waals surface area contributed by atoms with Crippen LogP contribution in [0.25, 0.3) is 11.0 Å². The maximum atomic E-state index is 12.3. The number of nitrogens with zero attached hydrogens (tertiary/aromatic N) is 4. The zero-order chi connectivity index (χ0) is 20.5. The van der Waals surface area contributed by atoms with Crippen molar-refractivity contribution in [2.24, 2.45) is 0 Å². The van der Waals surface area contributed by atoms with Gasteiger partial charge in [-0.05, 0) is 48.0 Å². The summed E-state index contributed by atoms with van der Waals surface area (Å²) in [5.41, 5.74) is 2.18. The first kappa shape index (κ1) is 20.1. The summed E-state index contributed by atoms with van der Waals surface area (Å²) in [6.45, 7) is 1.52. The maximum Gasteiger partial charge on any atom is 0.265 e. The van der Waals surface area contributed by atoms with Crippen LogP contribution in [0.15, 0.2) is 41.3 Å². The number of hydrogen-bond donors (Lipinski definition) is 1. The van der Waals surface area contributed by atoms with Crippen LogP contribution in [0.1, 0.15) is 5.56 Å². The normalized spacial score (nSPS) is 11.8. The molecule has 0 radical (unpaired) electrons. The van der Waals surface area contributed by atoms with Gasteiger partial charge in [-0.15, -0.1) is 5.10 Å². The molecule has 0 saturated carbocycles. The molecule has 3 rings (SSSR count). The minimum absolute atomic E-state index is 0.0630. The van der Waals surface area contributed by atoms with E-state index in [1.54, 1.807) is 12.1 Å². The van der Waals surface area contributed by atoms with Crippen LogP contribution >= 0.6 is 11.6 Å². The Morgan fingerprint density at radius 1 is 1.25 bits per heavy atom. The molecule has 0 saturated heterocycles.